The highest BCUT2D eigenvalue weighted by Crippen LogP contribution is 2.24. The van der Waals surface area contributed by atoms with Gasteiger partial charge < -0.3 is 19.9 Å². The third-order valence-corrected chi connectivity index (χ3v) is 3.63. The van der Waals surface area contributed by atoms with Gasteiger partial charge in [0.25, 0.3) is 0 Å². The standard InChI is InChI=1S/C15H19NO5/c1-9(10(2)14(18)19)13(17)16-12-5-3-11(4-6-12)15-20-7-8-21-15/h3-6,9-10,15H,7-8H2,1-2H3,(H,16,17)(H,18,19). The molecule has 0 spiro atoms. The number of carbonyl (C=O) groups is 2. The molecule has 0 bridgehead atoms. The molecule has 2 rings (SSSR count). The molecule has 6 heteroatoms. The molecule has 0 aliphatic carbocycles. The molecule has 1 fully saturated rings. The van der Waals surface area contributed by atoms with E-state index in [9.17, 15) is 9.59 Å². The van der Waals surface area contributed by atoms with Gasteiger partial charge >= 0.3 is 5.97 Å². The van der Waals surface area contributed by atoms with Gasteiger partial charge in [-0.25, -0.2) is 0 Å². The zero-order valence-electron chi connectivity index (χ0n) is 12.0. The van der Waals surface area contributed by atoms with E-state index < -0.39 is 17.8 Å². The van der Waals surface area contributed by atoms with Crippen LogP contribution in [0, 0.1) is 11.8 Å². The zero-order valence-corrected chi connectivity index (χ0v) is 12.0. The molecule has 0 saturated carbocycles. The van der Waals surface area contributed by atoms with Crippen LogP contribution in [-0.4, -0.2) is 30.2 Å². The van der Waals surface area contributed by atoms with E-state index in [1.165, 1.54) is 6.92 Å². The quantitative estimate of drug-likeness (QED) is 0.867. The number of benzene rings is 1. The van der Waals surface area contributed by atoms with E-state index in [4.69, 9.17) is 14.6 Å². The van der Waals surface area contributed by atoms with Crippen molar-refractivity contribution < 1.29 is 24.2 Å². The number of anilines is 1. The molecule has 2 N–H and O–H groups in total. The molecule has 1 saturated heterocycles. The first kappa shape index (κ1) is 15.5. The molecule has 21 heavy (non-hydrogen) atoms. The van der Waals surface area contributed by atoms with Gasteiger partial charge in [0, 0.05) is 17.2 Å². The van der Waals surface area contributed by atoms with Crippen molar-refractivity contribution in [2.24, 2.45) is 11.8 Å². The maximum absolute atomic E-state index is 12.0. The van der Waals surface area contributed by atoms with E-state index in [1.54, 1.807) is 19.1 Å². The van der Waals surface area contributed by atoms with Gasteiger partial charge in [0.2, 0.25) is 5.91 Å². The Morgan fingerprint density at radius 1 is 1.14 bits per heavy atom. The van der Waals surface area contributed by atoms with E-state index in [2.05, 4.69) is 5.32 Å². The molecule has 0 radical (unpaired) electrons. The molecule has 0 aromatic heterocycles. The lowest BCUT2D eigenvalue weighted by Gasteiger charge is -2.16. The fraction of sp³-hybridized carbons (Fsp3) is 0.467. The van der Waals surface area contributed by atoms with E-state index in [-0.39, 0.29) is 12.2 Å². The number of hydrogen-bond acceptors (Lipinski definition) is 4. The Hall–Kier alpha value is -1.92. The second kappa shape index (κ2) is 6.69. The molecule has 114 valence electrons. The maximum atomic E-state index is 12.0. The first-order valence-electron chi connectivity index (χ1n) is 6.86. The number of nitrogens with one attached hydrogen (secondary N) is 1. The lowest BCUT2D eigenvalue weighted by molar-refractivity contribution is -0.145. The van der Waals surface area contributed by atoms with Crippen LogP contribution in [0.5, 0.6) is 0 Å². The second-order valence-corrected chi connectivity index (χ2v) is 5.10. The van der Waals surface area contributed by atoms with E-state index in [0.29, 0.717) is 18.9 Å². The van der Waals surface area contributed by atoms with Crippen LogP contribution >= 0.6 is 0 Å². The number of carbonyl (C=O) groups excluding carboxylic acids is 1. The van der Waals surface area contributed by atoms with Crippen LogP contribution in [0.2, 0.25) is 0 Å². The number of carboxylic acid groups (broad SMARTS) is 1. The van der Waals surface area contributed by atoms with Crippen molar-refractivity contribution in [3.63, 3.8) is 0 Å². The predicted molar refractivity (Wildman–Crippen MR) is 75.7 cm³/mol. The number of aliphatic carboxylic acids is 1. The SMILES string of the molecule is CC(C(=O)O)C(C)C(=O)Nc1ccc(C2OCCO2)cc1. The lowest BCUT2D eigenvalue weighted by Crippen LogP contribution is -2.29. The summed E-state index contributed by atoms with van der Waals surface area (Å²) in [7, 11) is 0. The van der Waals surface area contributed by atoms with Gasteiger partial charge in [0.15, 0.2) is 6.29 Å². The van der Waals surface area contributed by atoms with Crippen molar-refractivity contribution in [1.29, 1.82) is 0 Å². The largest absolute Gasteiger partial charge is 0.481 e. The molecular formula is C15H19NO5. The Bertz CT molecular complexity index is 507. The summed E-state index contributed by atoms with van der Waals surface area (Å²) >= 11 is 0. The fourth-order valence-corrected chi connectivity index (χ4v) is 1.97. The number of amides is 1. The highest BCUT2D eigenvalue weighted by molar-refractivity contribution is 5.94. The molecular weight excluding hydrogens is 274 g/mol. The van der Waals surface area contributed by atoms with Gasteiger partial charge in [-0.15, -0.1) is 0 Å². The highest BCUT2D eigenvalue weighted by Gasteiger charge is 2.26. The summed E-state index contributed by atoms with van der Waals surface area (Å²) in [6.07, 6.45) is -0.347. The second-order valence-electron chi connectivity index (χ2n) is 5.10. The number of rotatable bonds is 5. The third-order valence-electron chi connectivity index (χ3n) is 3.63. The summed E-state index contributed by atoms with van der Waals surface area (Å²) in [6, 6.07) is 7.13. The Labute approximate surface area is 123 Å². The van der Waals surface area contributed by atoms with Crippen LogP contribution < -0.4 is 5.32 Å². The van der Waals surface area contributed by atoms with Crippen molar-refractivity contribution in [2.45, 2.75) is 20.1 Å². The number of ether oxygens (including phenoxy) is 2. The molecule has 1 aliphatic heterocycles. The molecule has 1 aromatic carbocycles. The monoisotopic (exact) mass is 293 g/mol. The van der Waals surface area contributed by atoms with Gasteiger partial charge in [-0.3, -0.25) is 9.59 Å². The summed E-state index contributed by atoms with van der Waals surface area (Å²) in [5, 5.41) is 11.6. The molecule has 2 unspecified atom stereocenters. The average molecular weight is 293 g/mol. The summed E-state index contributed by atoms with van der Waals surface area (Å²) in [4.78, 5) is 22.9. The van der Waals surface area contributed by atoms with Crippen LogP contribution in [0.3, 0.4) is 0 Å². The lowest BCUT2D eigenvalue weighted by atomic mass is 9.95. The molecule has 1 heterocycles. The Morgan fingerprint density at radius 3 is 2.24 bits per heavy atom. The molecule has 6 nitrogen and oxygen atoms in total. The van der Waals surface area contributed by atoms with E-state index in [1.807, 2.05) is 12.1 Å². The minimum Gasteiger partial charge on any atom is -0.481 e. The average Bonchev–Trinajstić information content (AvgIpc) is 3.00. The fourth-order valence-electron chi connectivity index (χ4n) is 1.97. The topological polar surface area (TPSA) is 84.9 Å². The summed E-state index contributed by atoms with van der Waals surface area (Å²) < 4.78 is 10.8. The van der Waals surface area contributed by atoms with E-state index >= 15 is 0 Å². The van der Waals surface area contributed by atoms with Gasteiger partial charge in [-0.2, -0.15) is 0 Å². The predicted octanol–water partition coefficient (Wildman–Crippen LogP) is 2.03. The summed E-state index contributed by atoms with van der Waals surface area (Å²) in [5.41, 5.74) is 1.50. The van der Waals surface area contributed by atoms with Crippen LogP contribution in [-0.2, 0) is 19.1 Å². The highest BCUT2D eigenvalue weighted by atomic mass is 16.7. The van der Waals surface area contributed by atoms with Crippen LogP contribution in [0.15, 0.2) is 24.3 Å². The van der Waals surface area contributed by atoms with Crippen molar-refractivity contribution in [3.8, 4) is 0 Å². The molecule has 1 amide bonds. The smallest absolute Gasteiger partial charge is 0.307 e. The first-order chi connectivity index (χ1) is 9.99. The number of hydrogen-bond donors (Lipinski definition) is 2. The van der Waals surface area contributed by atoms with Crippen molar-refractivity contribution in [2.75, 3.05) is 18.5 Å². The van der Waals surface area contributed by atoms with Crippen molar-refractivity contribution in [3.05, 3.63) is 29.8 Å². The molecule has 2 atom stereocenters. The van der Waals surface area contributed by atoms with Gasteiger partial charge in [0.1, 0.15) is 0 Å². The summed E-state index contributed by atoms with van der Waals surface area (Å²) in [6.45, 7) is 4.27. The zero-order chi connectivity index (χ0) is 15.4. The van der Waals surface area contributed by atoms with Gasteiger partial charge in [0.05, 0.1) is 19.1 Å². The first-order valence-corrected chi connectivity index (χ1v) is 6.86. The minimum absolute atomic E-state index is 0.314. The van der Waals surface area contributed by atoms with Crippen LogP contribution in [0.25, 0.3) is 0 Å². The molecule has 1 aliphatic rings. The van der Waals surface area contributed by atoms with E-state index in [0.717, 1.165) is 5.56 Å². The maximum Gasteiger partial charge on any atom is 0.307 e. The Balaban J connectivity index is 1.96. The van der Waals surface area contributed by atoms with Crippen molar-refractivity contribution >= 4 is 17.6 Å². The van der Waals surface area contributed by atoms with Crippen LogP contribution in [0.1, 0.15) is 25.7 Å². The number of carboxylic acids is 1. The molecule has 1 aromatic rings. The normalized spacial score (nSPS) is 18.2. The summed E-state index contributed by atoms with van der Waals surface area (Å²) in [5.74, 6) is -2.64. The Kier molecular flexibility index (Phi) is 4.93. The third kappa shape index (κ3) is 3.80. The van der Waals surface area contributed by atoms with Crippen LogP contribution in [0.4, 0.5) is 5.69 Å². The van der Waals surface area contributed by atoms with Gasteiger partial charge in [-0.1, -0.05) is 26.0 Å². The van der Waals surface area contributed by atoms with Crippen molar-refractivity contribution in [1.82, 2.24) is 0 Å². The van der Waals surface area contributed by atoms with Gasteiger partial charge in [-0.05, 0) is 12.1 Å². The Morgan fingerprint density at radius 2 is 1.71 bits per heavy atom. The minimum atomic E-state index is -0.983.